The number of anilines is 12. The van der Waals surface area contributed by atoms with E-state index in [1.54, 1.807) is 24.3 Å². The van der Waals surface area contributed by atoms with Gasteiger partial charge in [0.25, 0.3) is 13.4 Å². The number of hydrogen-bond acceptors (Lipinski definition) is 5. The fraction of sp³-hybridized carbons (Fsp3) is 0. The van der Waals surface area contributed by atoms with Gasteiger partial charge in [-0.3, -0.25) is 0 Å². The second-order valence-electron chi connectivity index (χ2n) is 14.7. The van der Waals surface area contributed by atoms with E-state index in [9.17, 15) is 0 Å². The lowest BCUT2D eigenvalue weighted by atomic mass is 9.35. The van der Waals surface area contributed by atoms with Crippen LogP contribution >= 0.6 is 11.3 Å². The molecule has 256 valence electrons. The van der Waals surface area contributed by atoms with Crippen molar-refractivity contribution in [3.63, 3.8) is 0 Å². The van der Waals surface area contributed by atoms with Crippen LogP contribution in [0.15, 0.2) is 158 Å². The first-order valence-corrected chi connectivity index (χ1v) is 19.4. The molecule has 0 unspecified atom stereocenters. The van der Waals surface area contributed by atoms with Crippen LogP contribution < -0.4 is 51.0 Å². The molecule has 0 saturated heterocycles. The summed E-state index contributed by atoms with van der Waals surface area (Å²) >= 11 is 1.86. The van der Waals surface area contributed by atoms with E-state index >= 15 is 8.78 Å². The molecule has 6 heterocycles. The maximum atomic E-state index is 16.3. The van der Waals surface area contributed by atoms with Gasteiger partial charge in [-0.25, -0.2) is 8.78 Å². The van der Waals surface area contributed by atoms with Crippen molar-refractivity contribution >= 4 is 124 Å². The average molecular weight is 726 g/mol. The quantitative estimate of drug-likeness (QED) is 0.166. The number of nitrogens with zero attached hydrogens (tertiary/aromatic N) is 4. The molecule has 55 heavy (non-hydrogen) atoms. The van der Waals surface area contributed by atoms with E-state index in [4.69, 9.17) is 0 Å². The molecule has 1 aromatic heterocycles. The van der Waals surface area contributed by atoms with Crippen molar-refractivity contribution in [3.8, 4) is 0 Å². The smallest absolute Gasteiger partial charge is 0.264 e. The Bertz CT molecular complexity index is 2770. The highest BCUT2D eigenvalue weighted by molar-refractivity contribution is 7.38. The molecule has 9 heteroatoms. The highest BCUT2D eigenvalue weighted by atomic mass is 32.1. The molecule has 0 N–H and O–H groups in total. The Labute approximate surface area is 320 Å². The third kappa shape index (κ3) is 3.71. The van der Waals surface area contributed by atoms with E-state index in [0.29, 0.717) is 0 Å². The lowest BCUT2D eigenvalue weighted by Crippen LogP contribution is -2.61. The molecule has 0 spiro atoms. The van der Waals surface area contributed by atoms with Gasteiger partial charge in [-0.2, -0.15) is 11.3 Å². The summed E-state index contributed by atoms with van der Waals surface area (Å²) in [7, 11) is 0. The lowest BCUT2D eigenvalue weighted by Gasteiger charge is -2.48. The Balaban J connectivity index is 1.16. The van der Waals surface area contributed by atoms with Gasteiger partial charge in [-0.15, -0.1) is 0 Å². The van der Waals surface area contributed by atoms with E-state index in [1.807, 2.05) is 59.9 Å². The van der Waals surface area contributed by atoms with Gasteiger partial charge in [0.15, 0.2) is 0 Å². The molecule has 0 amide bonds. The van der Waals surface area contributed by atoms with Crippen LogP contribution in [-0.4, -0.2) is 13.4 Å². The molecule has 13 rings (SSSR count). The van der Waals surface area contributed by atoms with Crippen LogP contribution in [0.5, 0.6) is 0 Å². The fourth-order valence-electron chi connectivity index (χ4n) is 10.1. The third-order valence-corrected chi connectivity index (χ3v) is 13.3. The molecule has 4 nitrogen and oxygen atoms in total. The zero-order valence-electron chi connectivity index (χ0n) is 29.1. The van der Waals surface area contributed by atoms with Crippen LogP contribution in [0.4, 0.5) is 77.0 Å². The van der Waals surface area contributed by atoms with Gasteiger partial charge in [-0.05, 0) is 94.6 Å². The van der Waals surface area contributed by atoms with Crippen LogP contribution in [0.25, 0.3) is 0 Å². The van der Waals surface area contributed by atoms with Gasteiger partial charge in [0, 0.05) is 55.1 Å². The molecule has 8 aromatic rings. The van der Waals surface area contributed by atoms with Crippen molar-refractivity contribution in [2.45, 2.75) is 0 Å². The van der Waals surface area contributed by atoms with Crippen LogP contribution in [0, 0.1) is 11.6 Å². The largest absolute Gasteiger partial charge is 0.311 e. The van der Waals surface area contributed by atoms with Crippen LogP contribution in [0.3, 0.4) is 0 Å². The van der Waals surface area contributed by atoms with Crippen LogP contribution in [-0.2, 0) is 0 Å². The Morgan fingerprint density at radius 3 is 1.13 bits per heavy atom. The van der Waals surface area contributed by atoms with E-state index in [-0.39, 0.29) is 25.1 Å². The zero-order chi connectivity index (χ0) is 36.1. The predicted molar refractivity (Wildman–Crippen MR) is 226 cm³/mol. The molecule has 5 aliphatic heterocycles. The first kappa shape index (κ1) is 29.8. The molecule has 0 radical (unpaired) electrons. The van der Waals surface area contributed by atoms with E-state index in [1.165, 1.54) is 20.5 Å². The Kier molecular flexibility index (Phi) is 5.72. The first-order chi connectivity index (χ1) is 27.2. The number of fused-ring (bicyclic) bond motifs is 11. The molecule has 0 bridgehead atoms. The SMILES string of the molecule is Fc1cc2c3c(c1)N1c4ccccc4N4c5cc(F)cc6c5B(c5ccccc5N6c5ccccc5)c5sc(c1c54)B3c1ccccc1N2c1ccccc1. The standard InChI is InChI=1S/C46H26B2F2N4S/c49-27-23-37-41-39(25-27)53-35-21-11-12-22-36(35)54-40-26-28(50)24-38-42(40)48(32-18-8-10-20-34(32)52(38)30-15-5-2-6-16-30)46-44(54)43(53)45(55-46)47(41)31-17-7-9-19-33(31)51(37)29-13-3-1-4-14-29/h1-26H. The number of hydrogen-bond donors (Lipinski definition) is 0. The molecule has 5 aliphatic rings. The number of rotatable bonds is 2. The van der Waals surface area contributed by atoms with Crippen molar-refractivity contribution in [2.75, 3.05) is 19.6 Å². The molecule has 0 saturated carbocycles. The number of para-hydroxylation sites is 6. The number of thiophene rings is 1. The summed E-state index contributed by atoms with van der Waals surface area (Å²) < 4.78 is 35.1. The van der Waals surface area contributed by atoms with Crippen molar-refractivity contribution in [1.82, 2.24) is 0 Å². The Hall–Kier alpha value is -6.57. The van der Waals surface area contributed by atoms with E-state index in [0.717, 1.165) is 79.2 Å². The summed E-state index contributed by atoms with van der Waals surface area (Å²) in [6.45, 7) is -0.288. The van der Waals surface area contributed by atoms with E-state index in [2.05, 4.69) is 105 Å². The normalized spacial score (nSPS) is 14.5. The predicted octanol–water partition coefficient (Wildman–Crippen LogP) is 8.50. The van der Waals surface area contributed by atoms with Gasteiger partial charge in [-0.1, -0.05) is 84.9 Å². The van der Waals surface area contributed by atoms with Crippen molar-refractivity contribution in [3.05, 3.63) is 169 Å². The summed E-state index contributed by atoms with van der Waals surface area (Å²) in [6.07, 6.45) is 0. The summed E-state index contributed by atoms with van der Waals surface area (Å²) in [5.74, 6) is -0.584. The van der Waals surface area contributed by atoms with Crippen molar-refractivity contribution in [2.24, 2.45) is 0 Å². The molecule has 0 fully saturated rings. The van der Waals surface area contributed by atoms with Crippen LogP contribution in [0.1, 0.15) is 0 Å². The number of benzene rings is 7. The minimum Gasteiger partial charge on any atom is -0.311 e. The minimum absolute atomic E-state index is 0.144. The highest BCUT2D eigenvalue weighted by Crippen LogP contribution is 2.58. The zero-order valence-corrected chi connectivity index (χ0v) is 29.9. The summed E-state index contributed by atoms with van der Waals surface area (Å²) in [5, 5.41) is 0. The van der Waals surface area contributed by atoms with Gasteiger partial charge in [0.2, 0.25) is 0 Å². The molecule has 0 aliphatic carbocycles. The van der Waals surface area contributed by atoms with Gasteiger partial charge in [0.1, 0.15) is 11.6 Å². The van der Waals surface area contributed by atoms with Gasteiger partial charge < -0.3 is 19.6 Å². The monoisotopic (exact) mass is 726 g/mol. The third-order valence-electron chi connectivity index (χ3n) is 12.0. The van der Waals surface area contributed by atoms with Crippen molar-refractivity contribution < 1.29 is 8.78 Å². The minimum atomic E-state index is -0.292. The average Bonchev–Trinajstić information content (AvgIpc) is 3.61. The van der Waals surface area contributed by atoms with E-state index < -0.39 is 0 Å². The maximum absolute atomic E-state index is 16.3. The van der Waals surface area contributed by atoms with Gasteiger partial charge >= 0.3 is 0 Å². The Morgan fingerprint density at radius 1 is 0.364 bits per heavy atom. The summed E-state index contributed by atoms with van der Waals surface area (Å²) in [5.41, 5.74) is 15.9. The molecular formula is C46H26B2F2N4S. The fourth-order valence-corrected chi connectivity index (χ4v) is 11.6. The maximum Gasteiger partial charge on any atom is 0.264 e. The topological polar surface area (TPSA) is 13.0 Å². The summed E-state index contributed by atoms with van der Waals surface area (Å²) in [6, 6.07) is 52.8. The highest BCUT2D eigenvalue weighted by Gasteiger charge is 2.54. The van der Waals surface area contributed by atoms with Crippen LogP contribution in [0.2, 0.25) is 0 Å². The molecular weight excluding hydrogens is 700 g/mol. The molecule has 0 atom stereocenters. The second-order valence-corrected chi connectivity index (χ2v) is 15.8. The number of halogens is 2. The summed E-state index contributed by atoms with van der Waals surface area (Å²) in [4.78, 5) is 9.02. The van der Waals surface area contributed by atoms with Gasteiger partial charge in [0.05, 0.1) is 22.7 Å². The van der Waals surface area contributed by atoms with Crippen molar-refractivity contribution in [1.29, 1.82) is 0 Å². The lowest BCUT2D eigenvalue weighted by molar-refractivity contribution is 0.628. The second kappa shape index (κ2) is 10.6. The molecule has 7 aromatic carbocycles. The first-order valence-electron chi connectivity index (χ1n) is 18.6. The Morgan fingerprint density at radius 2 is 0.709 bits per heavy atom.